The third-order valence-electron chi connectivity index (χ3n) is 3.65. The molecule has 0 aromatic heterocycles. The maximum atomic E-state index is 6.48. The van der Waals surface area contributed by atoms with Crippen LogP contribution < -0.4 is 5.73 Å². The summed E-state index contributed by atoms with van der Waals surface area (Å²) in [4.78, 5) is 0. The highest BCUT2D eigenvalue weighted by Crippen LogP contribution is 2.32. The fourth-order valence-electron chi connectivity index (χ4n) is 2.57. The maximum Gasteiger partial charge on any atom is 0.0367 e. The lowest BCUT2D eigenvalue weighted by molar-refractivity contribution is 0.537. The van der Waals surface area contributed by atoms with Crippen LogP contribution in [0.4, 0.5) is 0 Å². The van der Waals surface area contributed by atoms with Gasteiger partial charge in [0.05, 0.1) is 0 Å². The summed E-state index contributed by atoms with van der Waals surface area (Å²) in [5.41, 5.74) is 10.3. The van der Waals surface area contributed by atoms with Crippen molar-refractivity contribution in [1.82, 2.24) is 0 Å². The second-order valence-corrected chi connectivity index (χ2v) is 4.81. The van der Waals surface area contributed by atoms with Crippen LogP contribution in [0.3, 0.4) is 0 Å². The molecule has 0 fully saturated rings. The van der Waals surface area contributed by atoms with Crippen LogP contribution in [0.25, 0.3) is 0 Å². The summed E-state index contributed by atoms with van der Waals surface area (Å²) < 4.78 is 0. The molecule has 0 radical (unpaired) electrons. The second-order valence-electron chi connectivity index (χ2n) is 4.81. The van der Waals surface area contributed by atoms with Crippen molar-refractivity contribution in [2.45, 2.75) is 32.2 Å². The molecule has 2 unspecified atom stereocenters. The Morgan fingerprint density at radius 2 is 1.56 bits per heavy atom. The average Bonchev–Trinajstić information content (AvgIpc) is 2.41. The Hall–Kier alpha value is -1.60. The summed E-state index contributed by atoms with van der Waals surface area (Å²) in [6, 6.07) is 19.0. The lowest BCUT2D eigenvalue weighted by Gasteiger charge is -2.25. The second kappa shape index (κ2) is 5.83. The van der Waals surface area contributed by atoms with Crippen LogP contribution in [0.15, 0.2) is 54.6 Å². The Bertz CT molecular complexity index is 490. The third-order valence-corrected chi connectivity index (χ3v) is 3.65. The van der Waals surface area contributed by atoms with Gasteiger partial charge in [-0.05, 0) is 30.0 Å². The molecule has 0 amide bonds. The van der Waals surface area contributed by atoms with E-state index in [-0.39, 0.29) is 6.04 Å². The van der Waals surface area contributed by atoms with Gasteiger partial charge in [-0.3, -0.25) is 0 Å². The zero-order chi connectivity index (χ0) is 13.0. The van der Waals surface area contributed by atoms with E-state index in [0.717, 1.165) is 6.42 Å². The molecule has 0 bridgehead atoms. The molecular weight excluding hydrogens is 218 g/mol. The minimum absolute atomic E-state index is 0.0681. The number of benzene rings is 2. The molecule has 1 nitrogen and oxygen atoms in total. The van der Waals surface area contributed by atoms with Gasteiger partial charge in [-0.1, -0.05) is 61.5 Å². The van der Waals surface area contributed by atoms with Gasteiger partial charge >= 0.3 is 0 Å². The Kier molecular flexibility index (Phi) is 4.16. The van der Waals surface area contributed by atoms with Gasteiger partial charge in [0.15, 0.2) is 0 Å². The van der Waals surface area contributed by atoms with Crippen molar-refractivity contribution < 1.29 is 0 Å². The summed E-state index contributed by atoms with van der Waals surface area (Å²) in [6.07, 6.45) is 1.06. The first-order valence-corrected chi connectivity index (χ1v) is 6.60. The molecule has 2 N–H and O–H groups in total. The lowest BCUT2D eigenvalue weighted by atomic mass is 9.84. The van der Waals surface area contributed by atoms with Crippen LogP contribution in [0, 0.1) is 6.92 Å². The molecule has 1 heteroatoms. The molecule has 2 aromatic rings. The van der Waals surface area contributed by atoms with Gasteiger partial charge in [-0.25, -0.2) is 0 Å². The first-order chi connectivity index (χ1) is 8.74. The number of rotatable bonds is 4. The minimum Gasteiger partial charge on any atom is -0.323 e. The van der Waals surface area contributed by atoms with Crippen LogP contribution in [0.2, 0.25) is 0 Å². The standard InChI is InChI=1S/C17H21N/c1-3-15(14-10-5-4-6-11-14)17(18)16-12-8-7-9-13(16)2/h4-12,15,17H,3,18H2,1-2H3. The Morgan fingerprint density at radius 3 is 2.17 bits per heavy atom. The van der Waals surface area contributed by atoms with E-state index >= 15 is 0 Å². The summed E-state index contributed by atoms with van der Waals surface area (Å²) >= 11 is 0. The zero-order valence-electron chi connectivity index (χ0n) is 11.1. The van der Waals surface area contributed by atoms with Gasteiger partial charge in [-0.2, -0.15) is 0 Å². The van der Waals surface area contributed by atoms with Crippen molar-refractivity contribution >= 4 is 0 Å². The van der Waals surface area contributed by atoms with Crippen LogP contribution in [0.5, 0.6) is 0 Å². The van der Waals surface area contributed by atoms with Crippen LogP contribution in [0.1, 0.15) is 42.0 Å². The van der Waals surface area contributed by atoms with Gasteiger partial charge in [0, 0.05) is 12.0 Å². The molecule has 2 atom stereocenters. The number of aryl methyl sites for hydroxylation is 1. The number of nitrogens with two attached hydrogens (primary N) is 1. The van der Waals surface area contributed by atoms with Gasteiger partial charge in [0.25, 0.3) is 0 Å². The van der Waals surface area contributed by atoms with Crippen LogP contribution in [-0.4, -0.2) is 0 Å². The van der Waals surface area contributed by atoms with E-state index in [0.29, 0.717) is 5.92 Å². The highest BCUT2D eigenvalue weighted by molar-refractivity contribution is 5.32. The largest absolute Gasteiger partial charge is 0.323 e. The van der Waals surface area contributed by atoms with E-state index < -0.39 is 0 Å². The van der Waals surface area contributed by atoms with Crippen molar-refractivity contribution in [3.05, 3.63) is 71.3 Å². The molecule has 0 saturated carbocycles. The molecule has 94 valence electrons. The van der Waals surface area contributed by atoms with E-state index in [1.165, 1.54) is 16.7 Å². The number of hydrogen-bond acceptors (Lipinski definition) is 1. The molecule has 0 aliphatic heterocycles. The molecule has 0 saturated heterocycles. The molecule has 2 rings (SSSR count). The third kappa shape index (κ3) is 2.62. The number of hydrogen-bond donors (Lipinski definition) is 1. The monoisotopic (exact) mass is 239 g/mol. The summed E-state index contributed by atoms with van der Waals surface area (Å²) in [5, 5.41) is 0. The molecule has 18 heavy (non-hydrogen) atoms. The predicted molar refractivity (Wildman–Crippen MR) is 77.6 cm³/mol. The smallest absolute Gasteiger partial charge is 0.0367 e. The molecule has 0 aliphatic carbocycles. The SMILES string of the molecule is CCC(c1ccccc1)C(N)c1ccccc1C. The topological polar surface area (TPSA) is 26.0 Å². The highest BCUT2D eigenvalue weighted by atomic mass is 14.7. The van der Waals surface area contributed by atoms with Crippen molar-refractivity contribution in [2.24, 2.45) is 5.73 Å². The van der Waals surface area contributed by atoms with E-state index in [1.807, 2.05) is 0 Å². The minimum atomic E-state index is 0.0681. The fraction of sp³-hybridized carbons (Fsp3) is 0.294. The normalized spacial score (nSPS) is 14.2. The quantitative estimate of drug-likeness (QED) is 0.850. The molecular formula is C17H21N. The fourth-order valence-corrected chi connectivity index (χ4v) is 2.57. The maximum absolute atomic E-state index is 6.48. The summed E-state index contributed by atoms with van der Waals surface area (Å²) in [5.74, 6) is 0.382. The van der Waals surface area contributed by atoms with Crippen LogP contribution >= 0.6 is 0 Å². The predicted octanol–water partition coefficient (Wildman–Crippen LogP) is 4.19. The van der Waals surface area contributed by atoms with E-state index in [9.17, 15) is 0 Å². The molecule has 0 aliphatic rings. The van der Waals surface area contributed by atoms with Crippen molar-refractivity contribution in [3.8, 4) is 0 Å². The Labute approximate surface area is 110 Å². The first-order valence-electron chi connectivity index (χ1n) is 6.60. The van der Waals surface area contributed by atoms with Gasteiger partial charge in [0.2, 0.25) is 0 Å². The first kappa shape index (κ1) is 12.8. The highest BCUT2D eigenvalue weighted by Gasteiger charge is 2.20. The summed E-state index contributed by atoms with van der Waals surface area (Å²) in [6.45, 7) is 4.34. The Balaban J connectivity index is 2.32. The molecule has 2 aromatic carbocycles. The zero-order valence-corrected chi connectivity index (χ0v) is 11.1. The average molecular weight is 239 g/mol. The van der Waals surface area contributed by atoms with Crippen molar-refractivity contribution in [2.75, 3.05) is 0 Å². The van der Waals surface area contributed by atoms with E-state index in [4.69, 9.17) is 5.73 Å². The van der Waals surface area contributed by atoms with Crippen molar-refractivity contribution in [3.63, 3.8) is 0 Å². The summed E-state index contributed by atoms with van der Waals surface area (Å²) in [7, 11) is 0. The van der Waals surface area contributed by atoms with Crippen molar-refractivity contribution in [1.29, 1.82) is 0 Å². The van der Waals surface area contributed by atoms with Crippen LogP contribution in [-0.2, 0) is 0 Å². The van der Waals surface area contributed by atoms with E-state index in [1.54, 1.807) is 0 Å². The van der Waals surface area contributed by atoms with E-state index in [2.05, 4.69) is 68.4 Å². The van der Waals surface area contributed by atoms with Gasteiger partial charge in [0.1, 0.15) is 0 Å². The van der Waals surface area contributed by atoms with Gasteiger partial charge < -0.3 is 5.73 Å². The molecule has 0 heterocycles. The Morgan fingerprint density at radius 1 is 0.944 bits per heavy atom. The molecule has 0 spiro atoms. The lowest BCUT2D eigenvalue weighted by Crippen LogP contribution is -2.20. The van der Waals surface area contributed by atoms with Gasteiger partial charge in [-0.15, -0.1) is 0 Å².